The summed E-state index contributed by atoms with van der Waals surface area (Å²) >= 11 is 3.32. The minimum atomic E-state index is -0.967. The van der Waals surface area contributed by atoms with Crippen molar-refractivity contribution in [1.82, 2.24) is 14.9 Å². The van der Waals surface area contributed by atoms with E-state index in [1.165, 1.54) is 10.8 Å². The van der Waals surface area contributed by atoms with Crippen molar-refractivity contribution >= 4 is 33.6 Å². The molecule has 1 heterocycles. The molecule has 22 heavy (non-hydrogen) atoms. The number of benzene rings is 1. The molecule has 0 saturated carbocycles. The van der Waals surface area contributed by atoms with Gasteiger partial charge in [-0.3, -0.25) is 4.79 Å². The molecular weight excluding hydrogens is 352 g/mol. The van der Waals surface area contributed by atoms with E-state index in [-0.39, 0.29) is 12.6 Å². The molecule has 1 atom stereocenters. The number of amides is 2. The lowest BCUT2D eigenvalue weighted by Crippen LogP contribution is -2.32. The summed E-state index contributed by atoms with van der Waals surface area (Å²) < 4.78 is 2.40. The molecule has 1 aromatic carbocycles. The van der Waals surface area contributed by atoms with Crippen LogP contribution in [0.5, 0.6) is 0 Å². The van der Waals surface area contributed by atoms with Crippen LogP contribution in [0, 0.1) is 0 Å². The van der Waals surface area contributed by atoms with E-state index in [1.54, 1.807) is 25.3 Å². The first-order valence-electron chi connectivity index (χ1n) is 6.51. The minimum absolute atomic E-state index is 0.199. The zero-order chi connectivity index (χ0) is 16.1. The zero-order valence-corrected chi connectivity index (χ0v) is 13.4. The van der Waals surface area contributed by atoms with E-state index in [0.29, 0.717) is 11.5 Å². The normalized spacial score (nSPS) is 11.7. The van der Waals surface area contributed by atoms with E-state index >= 15 is 0 Å². The molecule has 0 bridgehead atoms. The molecule has 2 amide bonds. The number of urea groups is 1. The number of rotatable bonds is 5. The molecule has 1 aromatic heterocycles. The number of aromatic nitrogens is 2. The summed E-state index contributed by atoms with van der Waals surface area (Å²) in [5, 5.41) is 14.3. The molecule has 0 unspecified atom stereocenters. The Bertz CT molecular complexity index is 669. The predicted octanol–water partition coefficient (Wildman–Crippen LogP) is 2.61. The molecule has 0 saturated heterocycles. The standard InChI is InChI=1S/C14H15BrN4O3/c1-9(13-16-6-7-19(13)8-12(20)21)17-14(22)18-11-4-2-10(15)3-5-11/h2-7,9H,8H2,1H3,(H,20,21)(H2,17,18,22)/t9-/m1/s1. The number of imidazole rings is 1. The van der Waals surface area contributed by atoms with Crippen molar-refractivity contribution in [3.8, 4) is 0 Å². The molecule has 0 radical (unpaired) electrons. The Balaban J connectivity index is 1.98. The van der Waals surface area contributed by atoms with Gasteiger partial charge in [-0.2, -0.15) is 0 Å². The number of hydrogen-bond acceptors (Lipinski definition) is 3. The molecule has 7 nitrogen and oxygen atoms in total. The third-order valence-corrected chi connectivity index (χ3v) is 3.42. The number of aliphatic carboxylic acids is 1. The second kappa shape index (κ2) is 7.08. The van der Waals surface area contributed by atoms with Gasteiger partial charge in [-0.15, -0.1) is 0 Å². The number of carbonyl (C=O) groups excluding carboxylic acids is 1. The molecule has 0 aliphatic heterocycles. The topological polar surface area (TPSA) is 96.3 Å². The molecule has 0 aliphatic rings. The summed E-state index contributed by atoms with van der Waals surface area (Å²) in [6, 6.07) is 6.35. The van der Waals surface area contributed by atoms with Crippen molar-refractivity contribution in [2.45, 2.75) is 19.5 Å². The fraction of sp³-hybridized carbons (Fsp3) is 0.214. The number of carboxylic acid groups (broad SMARTS) is 1. The van der Waals surface area contributed by atoms with Crippen LogP contribution >= 0.6 is 15.9 Å². The molecule has 0 spiro atoms. The van der Waals surface area contributed by atoms with E-state index in [1.807, 2.05) is 12.1 Å². The van der Waals surface area contributed by atoms with Gasteiger partial charge in [-0.05, 0) is 31.2 Å². The van der Waals surface area contributed by atoms with Gasteiger partial charge < -0.3 is 20.3 Å². The highest BCUT2D eigenvalue weighted by Gasteiger charge is 2.16. The SMILES string of the molecule is C[C@@H](NC(=O)Nc1ccc(Br)cc1)c1nccn1CC(=O)O. The highest BCUT2D eigenvalue weighted by molar-refractivity contribution is 9.10. The highest BCUT2D eigenvalue weighted by Crippen LogP contribution is 2.15. The van der Waals surface area contributed by atoms with Crippen LogP contribution in [0.15, 0.2) is 41.1 Å². The van der Waals surface area contributed by atoms with Gasteiger partial charge in [0.1, 0.15) is 12.4 Å². The van der Waals surface area contributed by atoms with Crippen LogP contribution in [0.3, 0.4) is 0 Å². The lowest BCUT2D eigenvalue weighted by molar-refractivity contribution is -0.137. The van der Waals surface area contributed by atoms with Crippen molar-refractivity contribution in [2.24, 2.45) is 0 Å². The van der Waals surface area contributed by atoms with Crippen molar-refractivity contribution < 1.29 is 14.7 Å². The van der Waals surface area contributed by atoms with Crippen molar-refractivity contribution in [3.63, 3.8) is 0 Å². The maximum atomic E-state index is 11.9. The van der Waals surface area contributed by atoms with Crippen LogP contribution in [0.4, 0.5) is 10.5 Å². The van der Waals surface area contributed by atoms with Gasteiger partial charge in [0, 0.05) is 22.6 Å². The van der Waals surface area contributed by atoms with E-state index in [9.17, 15) is 9.59 Å². The maximum absolute atomic E-state index is 11.9. The first kappa shape index (κ1) is 16.0. The highest BCUT2D eigenvalue weighted by atomic mass is 79.9. The molecule has 2 rings (SSSR count). The first-order chi connectivity index (χ1) is 10.5. The third kappa shape index (κ3) is 4.32. The number of nitrogens with one attached hydrogen (secondary N) is 2. The van der Waals surface area contributed by atoms with Crippen molar-refractivity contribution in [2.75, 3.05) is 5.32 Å². The second-order valence-electron chi connectivity index (χ2n) is 4.63. The van der Waals surface area contributed by atoms with Gasteiger partial charge >= 0.3 is 12.0 Å². The Labute approximate surface area is 135 Å². The predicted molar refractivity (Wildman–Crippen MR) is 84.6 cm³/mol. The summed E-state index contributed by atoms with van der Waals surface area (Å²) in [4.78, 5) is 26.8. The smallest absolute Gasteiger partial charge is 0.323 e. The Morgan fingerprint density at radius 2 is 2.05 bits per heavy atom. The fourth-order valence-electron chi connectivity index (χ4n) is 1.94. The molecule has 116 valence electrons. The number of hydrogen-bond donors (Lipinski definition) is 3. The number of carbonyl (C=O) groups is 2. The monoisotopic (exact) mass is 366 g/mol. The maximum Gasteiger partial charge on any atom is 0.323 e. The van der Waals surface area contributed by atoms with Gasteiger partial charge in [0.25, 0.3) is 0 Å². The number of carboxylic acids is 1. The summed E-state index contributed by atoms with van der Waals surface area (Å²) in [6.07, 6.45) is 3.07. The number of nitrogens with zero attached hydrogens (tertiary/aromatic N) is 2. The number of anilines is 1. The first-order valence-corrected chi connectivity index (χ1v) is 7.31. The molecular formula is C14H15BrN4O3. The van der Waals surface area contributed by atoms with Crippen LogP contribution in [-0.2, 0) is 11.3 Å². The minimum Gasteiger partial charge on any atom is -0.480 e. The summed E-state index contributed by atoms with van der Waals surface area (Å²) in [6.45, 7) is 1.54. The van der Waals surface area contributed by atoms with Gasteiger partial charge in [0.05, 0.1) is 6.04 Å². The lowest BCUT2D eigenvalue weighted by atomic mass is 10.3. The van der Waals surface area contributed by atoms with Crippen molar-refractivity contribution in [1.29, 1.82) is 0 Å². The van der Waals surface area contributed by atoms with Crippen molar-refractivity contribution in [3.05, 3.63) is 47.0 Å². The Hall–Kier alpha value is -2.35. The van der Waals surface area contributed by atoms with Crippen LogP contribution in [0.25, 0.3) is 0 Å². The molecule has 2 aromatic rings. The van der Waals surface area contributed by atoms with Gasteiger partial charge in [-0.1, -0.05) is 15.9 Å². The second-order valence-corrected chi connectivity index (χ2v) is 5.55. The lowest BCUT2D eigenvalue weighted by Gasteiger charge is -2.15. The zero-order valence-electron chi connectivity index (χ0n) is 11.8. The van der Waals surface area contributed by atoms with Crippen LogP contribution in [0.1, 0.15) is 18.8 Å². The number of halogens is 1. The molecule has 0 fully saturated rings. The van der Waals surface area contributed by atoms with E-state index in [2.05, 4.69) is 31.5 Å². The third-order valence-electron chi connectivity index (χ3n) is 2.89. The van der Waals surface area contributed by atoms with Gasteiger partial charge in [-0.25, -0.2) is 9.78 Å². The Morgan fingerprint density at radius 1 is 1.36 bits per heavy atom. The average molecular weight is 367 g/mol. The van der Waals surface area contributed by atoms with Crippen LogP contribution in [0.2, 0.25) is 0 Å². The molecule has 3 N–H and O–H groups in total. The Morgan fingerprint density at radius 3 is 2.68 bits per heavy atom. The summed E-state index contributed by atoms with van der Waals surface area (Å²) in [5.41, 5.74) is 0.654. The van der Waals surface area contributed by atoms with Gasteiger partial charge in [0.15, 0.2) is 0 Å². The van der Waals surface area contributed by atoms with E-state index in [0.717, 1.165) is 4.47 Å². The summed E-state index contributed by atoms with van der Waals surface area (Å²) in [5.74, 6) is -0.487. The van der Waals surface area contributed by atoms with Crippen LogP contribution < -0.4 is 10.6 Å². The van der Waals surface area contributed by atoms with E-state index < -0.39 is 12.0 Å². The largest absolute Gasteiger partial charge is 0.480 e. The van der Waals surface area contributed by atoms with E-state index in [4.69, 9.17) is 5.11 Å². The van der Waals surface area contributed by atoms with Gasteiger partial charge in [0.2, 0.25) is 0 Å². The average Bonchev–Trinajstić information content (AvgIpc) is 2.88. The molecule has 0 aliphatic carbocycles. The fourth-order valence-corrected chi connectivity index (χ4v) is 2.21. The Kier molecular flexibility index (Phi) is 5.16. The molecule has 8 heteroatoms. The summed E-state index contributed by atoms with van der Waals surface area (Å²) in [7, 11) is 0. The quantitative estimate of drug-likeness (QED) is 0.757. The van der Waals surface area contributed by atoms with Crippen LogP contribution in [-0.4, -0.2) is 26.7 Å².